The number of rotatable bonds is 13. The number of carbonyl (C=O) groups is 2. The maximum absolute atomic E-state index is 13.4. The van der Waals surface area contributed by atoms with E-state index in [1.54, 1.807) is 0 Å². The number of carbonyl (C=O) groups excluding carboxylic acids is 2. The average molecular weight is 443 g/mol. The molecule has 1 heterocycles. The zero-order valence-electron chi connectivity index (χ0n) is 20.9. The Morgan fingerprint density at radius 1 is 1.00 bits per heavy atom. The number of nitrogens with one attached hydrogen (secondary N) is 1. The van der Waals surface area contributed by atoms with E-state index >= 15 is 0 Å². The number of benzene rings is 1. The van der Waals surface area contributed by atoms with Gasteiger partial charge < -0.3 is 14.8 Å². The van der Waals surface area contributed by atoms with Gasteiger partial charge >= 0.3 is 0 Å². The molecule has 0 radical (unpaired) electrons. The van der Waals surface area contributed by atoms with Crippen molar-refractivity contribution < 1.29 is 9.59 Å². The van der Waals surface area contributed by atoms with Crippen molar-refractivity contribution in [2.75, 3.05) is 6.54 Å². The summed E-state index contributed by atoms with van der Waals surface area (Å²) in [6, 6.07) is 8.41. The molecule has 2 unspecified atom stereocenters. The number of imidazole rings is 1. The average Bonchev–Trinajstić information content (AvgIpc) is 3.14. The molecule has 1 N–H and O–H groups in total. The second-order valence-electron chi connectivity index (χ2n) is 8.83. The van der Waals surface area contributed by atoms with Crippen LogP contribution in [0.4, 0.5) is 0 Å². The van der Waals surface area contributed by atoms with Crippen LogP contribution in [0.5, 0.6) is 0 Å². The lowest BCUT2D eigenvalue weighted by Gasteiger charge is -2.34. The third-order valence-electron chi connectivity index (χ3n) is 6.68. The Kier molecular flexibility index (Phi) is 10.2. The standard InChI is InChI=1S/C26H42N4O2/c1-7-19(5)30(20(6)8-2)25(31)18-29-23-15-12-11-14-22(23)28-24(29)16-13-17-27-26(32)21(9-3)10-4/h11-12,14-15,19-21H,7-10,13,16-18H2,1-6H3,(H,27,32). The monoisotopic (exact) mass is 442 g/mol. The number of nitrogens with zero attached hydrogens (tertiary/aromatic N) is 3. The maximum Gasteiger partial charge on any atom is 0.243 e. The van der Waals surface area contributed by atoms with Gasteiger partial charge in [-0.2, -0.15) is 0 Å². The van der Waals surface area contributed by atoms with E-state index in [0.29, 0.717) is 13.1 Å². The Bertz CT molecular complexity index is 862. The summed E-state index contributed by atoms with van der Waals surface area (Å²) in [5, 5.41) is 3.06. The van der Waals surface area contributed by atoms with Crippen LogP contribution >= 0.6 is 0 Å². The second-order valence-corrected chi connectivity index (χ2v) is 8.83. The summed E-state index contributed by atoms with van der Waals surface area (Å²) in [5.74, 6) is 1.27. The Balaban J connectivity index is 2.16. The number of aromatic nitrogens is 2. The summed E-state index contributed by atoms with van der Waals surface area (Å²) >= 11 is 0. The molecule has 32 heavy (non-hydrogen) atoms. The quantitative estimate of drug-likeness (QED) is 0.447. The molecule has 2 amide bonds. The summed E-state index contributed by atoms with van der Waals surface area (Å²) in [5.41, 5.74) is 1.90. The van der Waals surface area contributed by atoms with Gasteiger partial charge in [0.2, 0.25) is 11.8 Å². The van der Waals surface area contributed by atoms with Crippen molar-refractivity contribution in [3.8, 4) is 0 Å². The van der Waals surface area contributed by atoms with Gasteiger partial charge in [0.15, 0.2) is 0 Å². The molecule has 0 aliphatic carbocycles. The number of para-hydroxylation sites is 2. The van der Waals surface area contributed by atoms with Crippen molar-refractivity contribution in [2.24, 2.45) is 5.92 Å². The molecule has 0 saturated heterocycles. The van der Waals surface area contributed by atoms with Gasteiger partial charge in [0.1, 0.15) is 12.4 Å². The first kappa shape index (κ1) is 25.9. The molecule has 1 aromatic carbocycles. The molecule has 0 aliphatic rings. The smallest absolute Gasteiger partial charge is 0.243 e. The van der Waals surface area contributed by atoms with Crippen LogP contribution in [0.2, 0.25) is 0 Å². The highest BCUT2D eigenvalue weighted by molar-refractivity contribution is 5.81. The van der Waals surface area contributed by atoms with E-state index in [2.05, 4.69) is 51.4 Å². The van der Waals surface area contributed by atoms with Gasteiger partial charge in [0.05, 0.1) is 11.0 Å². The van der Waals surface area contributed by atoms with Gasteiger partial charge in [-0.3, -0.25) is 9.59 Å². The lowest BCUT2D eigenvalue weighted by Crippen LogP contribution is -2.45. The molecular weight excluding hydrogens is 400 g/mol. The van der Waals surface area contributed by atoms with E-state index in [9.17, 15) is 9.59 Å². The van der Waals surface area contributed by atoms with Gasteiger partial charge in [-0.1, -0.05) is 39.8 Å². The van der Waals surface area contributed by atoms with Crippen LogP contribution in [0.25, 0.3) is 11.0 Å². The molecule has 1 aromatic heterocycles. The van der Waals surface area contributed by atoms with Crippen LogP contribution in [-0.4, -0.2) is 44.9 Å². The topological polar surface area (TPSA) is 67.2 Å². The van der Waals surface area contributed by atoms with Crippen molar-refractivity contribution >= 4 is 22.8 Å². The van der Waals surface area contributed by atoms with Crippen LogP contribution in [-0.2, 0) is 22.6 Å². The fourth-order valence-corrected chi connectivity index (χ4v) is 4.29. The molecule has 6 nitrogen and oxygen atoms in total. The van der Waals surface area contributed by atoms with Gasteiger partial charge in [0, 0.05) is 31.0 Å². The molecule has 2 atom stereocenters. The lowest BCUT2D eigenvalue weighted by atomic mass is 10.0. The normalized spacial score (nSPS) is 13.3. The van der Waals surface area contributed by atoms with Crippen molar-refractivity contribution in [3.05, 3.63) is 30.1 Å². The molecular formula is C26H42N4O2. The van der Waals surface area contributed by atoms with Gasteiger partial charge in [-0.05, 0) is 58.1 Å². The van der Waals surface area contributed by atoms with E-state index in [0.717, 1.165) is 55.4 Å². The number of hydrogen-bond donors (Lipinski definition) is 1. The summed E-state index contributed by atoms with van der Waals surface area (Å²) in [7, 11) is 0. The summed E-state index contributed by atoms with van der Waals surface area (Å²) < 4.78 is 2.07. The minimum Gasteiger partial charge on any atom is -0.356 e. The molecule has 0 bridgehead atoms. The molecule has 0 spiro atoms. The van der Waals surface area contributed by atoms with Crippen molar-refractivity contribution in [2.45, 2.75) is 98.7 Å². The number of aryl methyl sites for hydroxylation is 1. The van der Waals surface area contributed by atoms with Crippen molar-refractivity contribution in [3.63, 3.8) is 0 Å². The Hall–Kier alpha value is -2.37. The third-order valence-corrected chi connectivity index (χ3v) is 6.68. The Labute approximate surface area is 193 Å². The minimum absolute atomic E-state index is 0.0873. The largest absolute Gasteiger partial charge is 0.356 e. The molecule has 2 rings (SSSR count). The van der Waals surface area contributed by atoms with E-state index in [1.165, 1.54) is 0 Å². The predicted molar refractivity (Wildman–Crippen MR) is 131 cm³/mol. The van der Waals surface area contributed by atoms with Crippen LogP contribution in [0.3, 0.4) is 0 Å². The Morgan fingerprint density at radius 3 is 2.22 bits per heavy atom. The van der Waals surface area contributed by atoms with Gasteiger partial charge in [-0.25, -0.2) is 4.98 Å². The van der Waals surface area contributed by atoms with Crippen LogP contribution in [0.15, 0.2) is 24.3 Å². The third kappa shape index (κ3) is 6.33. The summed E-state index contributed by atoms with van der Waals surface area (Å²) in [4.78, 5) is 32.5. The minimum atomic E-state index is 0.0873. The molecule has 178 valence electrons. The predicted octanol–water partition coefficient (Wildman–Crippen LogP) is 4.95. The van der Waals surface area contributed by atoms with E-state index in [1.807, 2.05) is 29.2 Å². The fraction of sp³-hybridized carbons (Fsp3) is 0.654. The summed E-state index contributed by atoms with van der Waals surface area (Å²) in [6.07, 6.45) is 5.11. The van der Waals surface area contributed by atoms with Crippen molar-refractivity contribution in [1.82, 2.24) is 19.8 Å². The molecule has 0 saturated carbocycles. The SMILES string of the molecule is CCC(CC)C(=O)NCCCc1nc2ccccc2n1CC(=O)N(C(C)CC)C(C)CC. The van der Waals surface area contributed by atoms with E-state index in [-0.39, 0.29) is 29.8 Å². The van der Waals surface area contributed by atoms with Crippen LogP contribution in [0.1, 0.15) is 79.5 Å². The molecule has 0 aliphatic heterocycles. The second kappa shape index (κ2) is 12.6. The zero-order chi connectivity index (χ0) is 23.7. The number of amides is 2. The van der Waals surface area contributed by atoms with Crippen LogP contribution < -0.4 is 5.32 Å². The van der Waals surface area contributed by atoms with Gasteiger partial charge in [-0.15, -0.1) is 0 Å². The van der Waals surface area contributed by atoms with E-state index in [4.69, 9.17) is 4.98 Å². The zero-order valence-corrected chi connectivity index (χ0v) is 20.9. The number of hydrogen-bond acceptors (Lipinski definition) is 3. The van der Waals surface area contributed by atoms with E-state index < -0.39 is 0 Å². The highest BCUT2D eigenvalue weighted by Gasteiger charge is 2.25. The number of fused-ring (bicyclic) bond motifs is 1. The van der Waals surface area contributed by atoms with Crippen molar-refractivity contribution in [1.29, 1.82) is 0 Å². The Morgan fingerprint density at radius 2 is 1.62 bits per heavy atom. The molecule has 0 fully saturated rings. The lowest BCUT2D eigenvalue weighted by molar-refractivity contribution is -0.136. The first-order chi connectivity index (χ1) is 15.4. The first-order valence-electron chi connectivity index (χ1n) is 12.4. The maximum atomic E-state index is 13.4. The first-order valence-corrected chi connectivity index (χ1v) is 12.4. The highest BCUT2D eigenvalue weighted by atomic mass is 16.2. The highest BCUT2D eigenvalue weighted by Crippen LogP contribution is 2.20. The van der Waals surface area contributed by atoms with Gasteiger partial charge in [0.25, 0.3) is 0 Å². The summed E-state index contributed by atoms with van der Waals surface area (Å²) in [6.45, 7) is 13.5. The molecule has 6 heteroatoms. The van der Waals surface area contributed by atoms with Crippen LogP contribution in [0, 0.1) is 5.92 Å². The molecule has 2 aromatic rings. The fourth-order valence-electron chi connectivity index (χ4n) is 4.29.